The zero-order valence-corrected chi connectivity index (χ0v) is 16.9. The molecule has 2 aliphatic rings. The lowest BCUT2D eigenvalue weighted by atomic mass is 9.83. The number of hydrogen-bond acceptors (Lipinski definition) is 1. The van der Waals surface area contributed by atoms with Crippen molar-refractivity contribution in [3.05, 3.63) is 0 Å². The molecule has 2 heterocycles. The summed E-state index contributed by atoms with van der Waals surface area (Å²) < 4.78 is 1.26. The van der Waals surface area contributed by atoms with Crippen LogP contribution in [0.25, 0.3) is 0 Å². The molecule has 5 atom stereocenters. The summed E-state index contributed by atoms with van der Waals surface area (Å²) >= 11 is 0. The van der Waals surface area contributed by atoms with E-state index in [4.69, 9.17) is 0 Å². The summed E-state index contributed by atoms with van der Waals surface area (Å²) in [7, 11) is 4.86. The van der Waals surface area contributed by atoms with Crippen LogP contribution in [0.3, 0.4) is 0 Å². The summed E-state index contributed by atoms with van der Waals surface area (Å²) in [6.45, 7) is 16.5. The van der Waals surface area contributed by atoms with Crippen molar-refractivity contribution in [2.75, 3.05) is 46.8 Å². The molecule has 0 aromatic carbocycles. The molecule has 23 heavy (non-hydrogen) atoms. The molecule has 0 amide bonds. The first-order chi connectivity index (χ1) is 10.9. The van der Waals surface area contributed by atoms with Crippen molar-refractivity contribution in [2.45, 2.75) is 59.8 Å². The van der Waals surface area contributed by atoms with Crippen LogP contribution in [-0.4, -0.2) is 56.2 Å². The van der Waals surface area contributed by atoms with Crippen LogP contribution >= 0.6 is 0 Å². The first-order valence-electron chi connectivity index (χ1n) is 10.4. The Kier molecular flexibility index (Phi) is 6.98. The highest BCUT2D eigenvalue weighted by Gasteiger charge is 2.40. The van der Waals surface area contributed by atoms with Crippen molar-refractivity contribution < 1.29 is 4.48 Å². The third-order valence-corrected chi connectivity index (χ3v) is 7.00. The molecule has 2 aliphatic heterocycles. The number of rotatable bonds is 8. The molecule has 0 spiro atoms. The Balaban J connectivity index is 1.84. The topological polar surface area (TPSA) is 3.24 Å². The molecular weight excluding hydrogens is 280 g/mol. The van der Waals surface area contributed by atoms with E-state index >= 15 is 0 Å². The summed E-state index contributed by atoms with van der Waals surface area (Å²) in [5.41, 5.74) is 0. The molecule has 2 saturated heterocycles. The summed E-state index contributed by atoms with van der Waals surface area (Å²) in [5, 5.41) is 0. The Bertz CT molecular complexity index is 352. The molecular formula is C21H43N2+. The summed E-state index contributed by atoms with van der Waals surface area (Å²) in [4.78, 5) is 2.78. The average Bonchev–Trinajstić information content (AvgIpc) is 3.04. The summed E-state index contributed by atoms with van der Waals surface area (Å²) in [5.74, 6) is 4.75. The Morgan fingerprint density at radius 1 is 0.870 bits per heavy atom. The predicted octanol–water partition coefficient (Wildman–Crippen LogP) is 4.50. The van der Waals surface area contributed by atoms with Gasteiger partial charge in [-0.15, -0.1) is 0 Å². The van der Waals surface area contributed by atoms with E-state index in [0.29, 0.717) is 0 Å². The van der Waals surface area contributed by atoms with E-state index in [9.17, 15) is 0 Å². The fourth-order valence-electron chi connectivity index (χ4n) is 5.40. The van der Waals surface area contributed by atoms with Gasteiger partial charge in [-0.1, -0.05) is 40.5 Å². The molecule has 0 saturated carbocycles. The van der Waals surface area contributed by atoms with Crippen molar-refractivity contribution in [3.63, 3.8) is 0 Å². The monoisotopic (exact) mass is 323 g/mol. The second-order valence-electron chi connectivity index (χ2n) is 9.47. The van der Waals surface area contributed by atoms with Gasteiger partial charge in [0.25, 0.3) is 0 Å². The van der Waals surface area contributed by atoms with Crippen LogP contribution in [0.5, 0.6) is 0 Å². The van der Waals surface area contributed by atoms with Crippen LogP contribution in [0.15, 0.2) is 0 Å². The Morgan fingerprint density at radius 3 is 2.04 bits per heavy atom. The number of likely N-dealkylation sites (tertiary alicyclic amines) is 2. The van der Waals surface area contributed by atoms with Crippen LogP contribution in [0.2, 0.25) is 0 Å². The maximum absolute atomic E-state index is 2.78. The first-order valence-corrected chi connectivity index (χ1v) is 10.4. The van der Waals surface area contributed by atoms with E-state index in [1.54, 1.807) is 0 Å². The molecule has 2 heteroatoms. The molecule has 0 aromatic heterocycles. The average molecular weight is 324 g/mol. The minimum absolute atomic E-state index is 0.864. The van der Waals surface area contributed by atoms with Crippen molar-refractivity contribution in [1.29, 1.82) is 0 Å². The standard InChI is InChI=1S/C21H43N2/c1-7-17(4)12-22-13-18(8-2)20(14-22)10-11-21-16-23(5,6)15-19(21)9-3/h17-21H,7-16H2,1-6H3/q+1. The fourth-order valence-corrected chi connectivity index (χ4v) is 5.40. The van der Waals surface area contributed by atoms with Gasteiger partial charge in [0, 0.05) is 31.5 Å². The van der Waals surface area contributed by atoms with E-state index < -0.39 is 0 Å². The van der Waals surface area contributed by atoms with E-state index in [1.807, 2.05) is 0 Å². The largest absolute Gasteiger partial charge is 0.328 e. The molecule has 0 N–H and O–H groups in total. The van der Waals surface area contributed by atoms with Gasteiger partial charge in [0.15, 0.2) is 0 Å². The third-order valence-electron chi connectivity index (χ3n) is 7.00. The van der Waals surface area contributed by atoms with Crippen LogP contribution in [-0.2, 0) is 0 Å². The number of quaternary nitrogens is 1. The Hall–Kier alpha value is -0.0800. The fraction of sp³-hybridized carbons (Fsp3) is 1.00. The quantitative estimate of drug-likeness (QED) is 0.594. The summed E-state index contributed by atoms with van der Waals surface area (Å²) in [6, 6.07) is 0. The van der Waals surface area contributed by atoms with Crippen LogP contribution in [0.4, 0.5) is 0 Å². The third kappa shape index (κ3) is 5.19. The van der Waals surface area contributed by atoms with Gasteiger partial charge in [-0.2, -0.15) is 0 Å². The lowest BCUT2D eigenvalue weighted by Crippen LogP contribution is -2.37. The molecule has 2 fully saturated rings. The van der Waals surface area contributed by atoms with Crippen LogP contribution in [0.1, 0.15) is 59.8 Å². The highest BCUT2D eigenvalue weighted by atomic mass is 15.3. The lowest BCUT2D eigenvalue weighted by molar-refractivity contribution is -0.880. The van der Waals surface area contributed by atoms with Gasteiger partial charge in [0.2, 0.25) is 0 Å². The van der Waals surface area contributed by atoms with Crippen molar-refractivity contribution >= 4 is 0 Å². The van der Waals surface area contributed by atoms with E-state index in [1.165, 1.54) is 69.3 Å². The van der Waals surface area contributed by atoms with E-state index in [-0.39, 0.29) is 0 Å². The Labute approximate surface area is 146 Å². The highest BCUT2D eigenvalue weighted by molar-refractivity contribution is 4.85. The van der Waals surface area contributed by atoms with Crippen LogP contribution < -0.4 is 0 Å². The van der Waals surface area contributed by atoms with Gasteiger partial charge in [0.05, 0.1) is 27.2 Å². The minimum Gasteiger partial charge on any atom is -0.328 e. The van der Waals surface area contributed by atoms with Gasteiger partial charge >= 0.3 is 0 Å². The smallest absolute Gasteiger partial charge is 0.0816 e. The maximum Gasteiger partial charge on any atom is 0.0816 e. The Morgan fingerprint density at radius 2 is 1.43 bits per heavy atom. The lowest BCUT2D eigenvalue weighted by Gasteiger charge is -2.24. The minimum atomic E-state index is 0.864. The molecule has 0 bridgehead atoms. The normalized spacial score (nSPS) is 35.7. The van der Waals surface area contributed by atoms with Crippen molar-refractivity contribution in [3.8, 4) is 0 Å². The maximum atomic E-state index is 2.78. The van der Waals surface area contributed by atoms with E-state index in [0.717, 1.165) is 29.6 Å². The molecule has 2 rings (SSSR count). The number of nitrogens with zero attached hydrogens (tertiary/aromatic N) is 2. The second kappa shape index (κ2) is 8.34. The molecule has 0 aromatic rings. The molecule has 0 radical (unpaired) electrons. The molecule has 136 valence electrons. The SMILES string of the molecule is CCC(C)CN1CC(CC)C(CCC2C[N+](C)(C)CC2CC)C1. The van der Waals surface area contributed by atoms with E-state index in [2.05, 4.69) is 46.7 Å². The van der Waals surface area contributed by atoms with Crippen molar-refractivity contribution in [2.24, 2.45) is 29.6 Å². The second-order valence-corrected chi connectivity index (χ2v) is 9.47. The summed E-state index contributed by atoms with van der Waals surface area (Å²) in [6.07, 6.45) is 7.06. The molecule has 2 nitrogen and oxygen atoms in total. The van der Waals surface area contributed by atoms with Gasteiger partial charge in [-0.3, -0.25) is 0 Å². The predicted molar refractivity (Wildman–Crippen MR) is 102 cm³/mol. The zero-order chi connectivity index (χ0) is 17.0. The molecule has 0 aliphatic carbocycles. The first kappa shape index (κ1) is 19.2. The van der Waals surface area contributed by atoms with Crippen molar-refractivity contribution in [1.82, 2.24) is 4.90 Å². The van der Waals surface area contributed by atoms with Gasteiger partial charge < -0.3 is 9.38 Å². The van der Waals surface area contributed by atoms with Crippen LogP contribution in [0, 0.1) is 29.6 Å². The van der Waals surface area contributed by atoms with Gasteiger partial charge in [-0.25, -0.2) is 0 Å². The number of hydrogen-bond donors (Lipinski definition) is 0. The molecule has 5 unspecified atom stereocenters. The zero-order valence-electron chi connectivity index (χ0n) is 16.9. The van der Waals surface area contributed by atoms with Gasteiger partial charge in [-0.05, 0) is 37.0 Å². The highest BCUT2D eigenvalue weighted by Crippen LogP contribution is 2.37. The van der Waals surface area contributed by atoms with Gasteiger partial charge in [0.1, 0.15) is 0 Å².